The molecule has 2 amide bonds. The first kappa shape index (κ1) is 20.8. The van der Waals surface area contributed by atoms with Gasteiger partial charge >= 0.3 is 0 Å². The minimum Gasteiger partial charge on any atom is -0.504 e. The molecule has 0 unspecified atom stereocenters. The van der Waals surface area contributed by atoms with Gasteiger partial charge in [0, 0.05) is 0 Å². The van der Waals surface area contributed by atoms with Crippen LogP contribution in [-0.4, -0.2) is 37.2 Å². The van der Waals surface area contributed by atoms with Gasteiger partial charge in [0.1, 0.15) is 11.7 Å². The summed E-state index contributed by atoms with van der Waals surface area (Å²) < 4.78 is 10.7. The van der Waals surface area contributed by atoms with Crippen molar-refractivity contribution in [3.63, 3.8) is 0 Å². The number of hydrogen-bond donors (Lipinski definition) is 1. The van der Waals surface area contributed by atoms with Gasteiger partial charge in [-0.2, -0.15) is 0 Å². The average Bonchev–Trinajstić information content (AvgIpc) is 3.36. The zero-order valence-electron chi connectivity index (χ0n) is 18.0. The van der Waals surface area contributed by atoms with E-state index in [0.717, 1.165) is 4.90 Å². The highest BCUT2D eigenvalue weighted by atomic mass is 16.7. The number of hydroxylamine groups is 1. The van der Waals surface area contributed by atoms with Gasteiger partial charge in [-0.25, -0.2) is 9.96 Å². The molecular formula is C25H22N2O6. The maximum absolute atomic E-state index is 13.7. The van der Waals surface area contributed by atoms with Crippen LogP contribution in [-0.2, 0) is 14.4 Å². The molecule has 0 radical (unpaired) electrons. The van der Waals surface area contributed by atoms with Gasteiger partial charge in [-0.1, -0.05) is 36.4 Å². The standard InChI is InChI=1S/C25H22N2O6/c1-31-19-11-7-6-10-17(19)26-24(29)21-22(15-12-13-18(28)20(14-15)32-2)27(33-23(21)25(26)30)16-8-4-3-5-9-16/h3-14,21-23,28H,1-2H3/t21-,22-,23-/m1/s1. The maximum atomic E-state index is 13.7. The molecular weight excluding hydrogens is 424 g/mol. The van der Waals surface area contributed by atoms with Crippen LogP contribution in [0.4, 0.5) is 11.4 Å². The Bertz CT molecular complexity index is 1210. The fraction of sp³-hybridized carbons (Fsp3) is 0.200. The van der Waals surface area contributed by atoms with Crippen LogP contribution in [0.1, 0.15) is 11.6 Å². The summed E-state index contributed by atoms with van der Waals surface area (Å²) in [5, 5.41) is 11.7. The first-order valence-corrected chi connectivity index (χ1v) is 10.4. The van der Waals surface area contributed by atoms with Crippen molar-refractivity contribution in [1.82, 2.24) is 0 Å². The highest BCUT2D eigenvalue weighted by molar-refractivity contribution is 6.24. The van der Waals surface area contributed by atoms with E-state index in [4.69, 9.17) is 14.3 Å². The third-order valence-electron chi connectivity index (χ3n) is 6.00. The van der Waals surface area contributed by atoms with Crippen LogP contribution in [0.2, 0.25) is 0 Å². The summed E-state index contributed by atoms with van der Waals surface area (Å²) in [7, 11) is 2.94. The first-order chi connectivity index (χ1) is 16.0. The van der Waals surface area contributed by atoms with Gasteiger partial charge in [-0.05, 0) is 42.0 Å². The lowest BCUT2D eigenvalue weighted by molar-refractivity contribution is -0.126. The van der Waals surface area contributed by atoms with Crippen LogP contribution in [0, 0.1) is 5.92 Å². The Balaban J connectivity index is 1.62. The number of aromatic hydroxyl groups is 1. The summed E-state index contributed by atoms with van der Waals surface area (Å²) in [4.78, 5) is 34.4. The van der Waals surface area contributed by atoms with Gasteiger partial charge in [0.05, 0.1) is 31.6 Å². The summed E-state index contributed by atoms with van der Waals surface area (Å²) in [6.07, 6.45) is -1.01. The lowest BCUT2D eigenvalue weighted by Crippen LogP contribution is -2.37. The molecule has 0 saturated carbocycles. The first-order valence-electron chi connectivity index (χ1n) is 10.4. The third kappa shape index (κ3) is 3.27. The van der Waals surface area contributed by atoms with E-state index in [1.54, 1.807) is 41.5 Å². The van der Waals surface area contributed by atoms with Crippen molar-refractivity contribution < 1.29 is 29.0 Å². The summed E-state index contributed by atoms with van der Waals surface area (Å²) >= 11 is 0. The van der Waals surface area contributed by atoms with Crippen molar-refractivity contribution in [2.24, 2.45) is 5.92 Å². The smallest absolute Gasteiger partial charge is 0.266 e. The van der Waals surface area contributed by atoms with E-state index in [1.807, 2.05) is 30.3 Å². The van der Waals surface area contributed by atoms with Crippen LogP contribution in [0.15, 0.2) is 72.8 Å². The number of benzene rings is 3. The Labute approximate surface area is 190 Å². The molecule has 2 heterocycles. The Morgan fingerprint density at radius 2 is 1.55 bits per heavy atom. The molecule has 5 rings (SSSR count). The molecule has 8 heteroatoms. The molecule has 8 nitrogen and oxygen atoms in total. The monoisotopic (exact) mass is 446 g/mol. The van der Waals surface area contributed by atoms with Crippen molar-refractivity contribution in [2.45, 2.75) is 12.1 Å². The number of imide groups is 1. The summed E-state index contributed by atoms with van der Waals surface area (Å²) in [6.45, 7) is 0. The number of fused-ring (bicyclic) bond motifs is 1. The van der Waals surface area contributed by atoms with E-state index in [0.29, 0.717) is 22.7 Å². The predicted molar refractivity (Wildman–Crippen MR) is 120 cm³/mol. The molecule has 33 heavy (non-hydrogen) atoms. The fourth-order valence-electron chi connectivity index (χ4n) is 4.48. The van der Waals surface area contributed by atoms with Crippen LogP contribution in [0.5, 0.6) is 17.2 Å². The number of ether oxygens (including phenoxy) is 2. The minimum atomic E-state index is -1.01. The SMILES string of the molecule is COc1cc([C@@H]2[C@H]3C(=O)N(c4ccccc4OC)C(=O)[C@@H]3ON2c2ccccc2)ccc1O. The van der Waals surface area contributed by atoms with Crippen molar-refractivity contribution in [3.05, 3.63) is 78.4 Å². The van der Waals surface area contributed by atoms with Gasteiger partial charge in [-0.15, -0.1) is 0 Å². The molecule has 0 aromatic heterocycles. The zero-order chi connectivity index (χ0) is 23.1. The zero-order valence-corrected chi connectivity index (χ0v) is 18.0. The van der Waals surface area contributed by atoms with E-state index in [2.05, 4.69) is 0 Å². The topological polar surface area (TPSA) is 88.5 Å². The molecule has 2 saturated heterocycles. The molecule has 168 valence electrons. The van der Waals surface area contributed by atoms with Crippen LogP contribution < -0.4 is 19.4 Å². The van der Waals surface area contributed by atoms with E-state index in [-0.39, 0.29) is 17.4 Å². The molecule has 0 spiro atoms. The second kappa shape index (κ2) is 8.14. The largest absolute Gasteiger partial charge is 0.504 e. The van der Waals surface area contributed by atoms with E-state index in [9.17, 15) is 14.7 Å². The van der Waals surface area contributed by atoms with Crippen molar-refractivity contribution in [1.29, 1.82) is 0 Å². The third-order valence-corrected chi connectivity index (χ3v) is 6.00. The van der Waals surface area contributed by atoms with E-state index < -0.39 is 24.0 Å². The number of methoxy groups -OCH3 is 2. The number of carbonyl (C=O) groups is 2. The normalized spacial score (nSPS) is 21.9. The van der Waals surface area contributed by atoms with Gasteiger partial charge < -0.3 is 14.6 Å². The number of anilines is 2. The number of phenolic OH excluding ortho intramolecular Hbond substituents is 1. The van der Waals surface area contributed by atoms with Gasteiger partial charge in [0.15, 0.2) is 17.6 Å². The van der Waals surface area contributed by atoms with E-state index in [1.165, 1.54) is 20.3 Å². The quantitative estimate of drug-likeness (QED) is 0.601. The predicted octanol–water partition coefficient (Wildman–Crippen LogP) is 3.46. The average molecular weight is 446 g/mol. The van der Waals surface area contributed by atoms with Crippen molar-refractivity contribution in [3.8, 4) is 17.2 Å². The van der Waals surface area contributed by atoms with E-state index >= 15 is 0 Å². The Kier molecular flexibility index (Phi) is 5.14. The van der Waals surface area contributed by atoms with Crippen LogP contribution in [0.3, 0.4) is 0 Å². The summed E-state index contributed by atoms with van der Waals surface area (Å²) in [6, 6.07) is 20.4. The van der Waals surface area contributed by atoms with Crippen molar-refractivity contribution >= 4 is 23.2 Å². The molecule has 2 aliphatic heterocycles. The molecule has 2 fully saturated rings. The molecule has 3 aromatic carbocycles. The minimum absolute atomic E-state index is 0.0209. The summed E-state index contributed by atoms with van der Waals surface area (Å²) in [5.41, 5.74) is 1.75. The highest BCUT2D eigenvalue weighted by Crippen LogP contribution is 2.49. The van der Waals surface area contributed by atoms with Crippen LogP contribution >= 0.6 is 0 Å². The van der Waals surface area contributed by atoms with Gasteiger partial charge in [0.25, 0.3) is 5.91 Å². The van der Waals surface area contributed by atoms with Crippen molar-refractivity contribution in [2.75, 3.05) is 24.2 Å². The number of carbonyl (C=O) groups excluding carboxylic acids is 2. The highest BCUT2D eigenvalue weighted by Gasteiger charge is 2.60. The number of nitrogens with zero attached hydrogens (tertiary/aromatic N) is 2. The molecule has 3 aromatic rings. The number of amides is 2. The molecule has 0 aliphatic carbocycles. The molecule has 1 N–H and O–H groups in total. The van der Waals surface area contributed by atoms with Crippen LogP contribution in [0.25, 0.3) is 0 Å². The number of phenols is 1. The Hall–Kier alpha value is -4.04. The second-order valence-electron chi connectivity index (χ2n) is 7.77. The number of hydrogen-bond acceptors (Lipinski definition) is 7. The van der Waals surface area contributed by atoms with Gasteiger partial charge in [-0.3, -0.25) is 14.4 Å². The Morgan fingerprint density at radius 3 is 2.27 bits per heavy atom. The molecule has 0 bridgehead atoms. The molecule has 3 atom stereocenters. The number of para-hydroxylation sites is 3. The second-order valence-corrected chi connectivity index (χ2v) is 7.77. The lowest BCUT2D eigenvalue weighted by Gasteiger charge is -2.29. The van der Waals surface area contributed by atoms with Gasteiger partial charge in [0.2, 0.25) is 5.91 Å². The fourth-order valence-corrected chi connectivity index (χ4v) is 4.48. The maximum Gasteiger partial charge on any atom is 0.266 e. The number of rotatable bonds is 5. The lowest BCUT2D eigenvalue weighted by atomic mass is 9.90. The Morgan fingerprint density at radius 1 is 0.848 bits per heavy atom. The molecule has 2 aliphatic rings. The summed E-state index contributed by atoms with van der Waals surface area (Å²) in [5.74, 6) is -0.984.